The molecule has 0 radical (unpaired) electrons. The molecule has 0 aromatic rings. The molecule has 1 aliphatic heterocycles. The van der Waals surface area contributed by atoms with Gasteiger partial charge in [0.1, 0.15) is 0 Å². The van der Waals surface area contributed by atoms with Crippen LogP contribution in [0.2, 0.25) is 0 Å². The molecule has 88 valence electrons. The first-order valence-corrected chi connectivity index (χ1v) is 6.60. The van der Waals surface area contributed by atoms with Crippen LogP contribution in [0.5, 0.6) is 0 Å². The number of piperidine rings is 1. The van der Waals surface area contributed by atoms with Crippen LogP contribution in [-0.2, 0) is 4.79 Å². The van der Waals surface area contributed by atoms with Crippen molar-refractivity contribution in [3.05, 3.63) is 0 Å². The lowest BCUT2D eigenvalue weighted by atomic mass is 10.0. The second-order valence-corrected chi connectivity index (χ2v) is 5.05. The molecular formula is C10H20N2O2S. The number of thioether (sulfide) groups is 1. The maximum Gasteiger partial charge on any atom is 0.239 e. The molecule has 3 N–H and O–H groups in total. The van der Waals surface area contributed by atoms with Crippen LogP contribution in [0.3, 0.4) is 0 Å². The molecular weight excluding hydrogens is 212 g/mol. The van der Waals surface area contributed by atoms with Gasteiger partial charge in [0.2, 0.25) is 5.91 Å². The summed E-state index contributed by atoms with van der Waals surface area (Å²) in [5, 5.41) is 9.27. The third-order valence-electron chi connectivity index (χ3n) is 3.03. The number of nitrogens with zero attached hydrogens (tertiary/aromatic N) is 1. The second-order valence-electron chi connectivity index (χ2n) is 3.98. The third kappa shape index (κ3) is 2.86. The number of hydrogen-bond donors (Lipinski definition) is 2. The van der Waals surface area contributed by atoms with Gasteiger partial charge in [0.25, 0.3) is 0 Å². The van der Waals surface area contributed by atoms with Crippen molar-refractivity contribution in [1.29, 1.82) is 0 Å². The van der Waals surface area contributed by atoms with Gasteiger partial charge in [-0.15, -0.1) is 0 Å². The molecule has 15 heavy (non-hydrogen) atoms. The van der Waals surface area contributed by atoms with Crippen molar-refractivity contribution >= 4 is 17.7 Å². The largest absolute Gasteiger partial charge is 0.395 e. The SMILES string of the molecule is CSC(CO)C(C)N1CCCC(N)C1=O. The number of carbonyl (C=O) groups excluding carboxylic acids is 1. The summed E-state index contributed by atoms with van der Waals surface area (Å²) in [5.41, 5.74) is 5.73. The highest BCUT2D eigenvalue weighted by atomic mass is 32.2. The Bertz CT molecular complexity index is 221. The van der Waals surface area contributed by atoms with E-state index in [0.717, 1.165) is 19.4 Å². The first-order chi connectivity index (χ1) is 7.11. The summed E-state index contributed by atoms with van der Waals surface area (Å²) in [6.45, 7) is 2.85. The van der Waals surface area contributed by atoms with E-state index in [0.29, 0.717) is 0 Å². The summed E-state index contributed by atoms with van der Waals surface area (Å²) in [6, 6.07) is -0.286. The van der Waals surface area contributed by atoms with E-state index in [2.05, 4.69) is 0 Å². The van der Waals surface area contributed by atoms with Gasteiger partial charge >= 0.3 is 0 Å². The smallest absolute Gasteiger partial charge is 0.239 e. The van der Waals surface area contributed by atoms with Gasteiger partial charge in [0, 0.05) is 17.8 Å². The minimum absolute atomic E-state index is 0.0289. The number of carbonyl (C=O) groups is 1. The summed E-state index contributed by atoms with van der Waals surface area (Å²) in [4.78, 5) is 13.6. The Morgan fingerprint density at radius 2 is 2.40 bits per heavy atom. The van der Waals surface area contributed by atoms with Crippen molar-refractivity contribution < 1.29 is 9.90 Å². The zero-order valence-electron chi connectivity index (χ0n) is 9.35. The molecule has 1 aliphatic rings. The van der Waals surface area contributed by atoms with Gasteiger partial charge in [-0.25, -0.2) is 0 Å². The highest BCUT2D eigenvalue weighted by Gasteiger charge is 2.32. The van der Waals surface area contributed by atoms with Crippen LogP contribution in [0.4, 0.5) is 0 Å². The average molecular weight is 232 g/mol. The molecule has 3 unspecified atom stereocenters. The predicted molar refractivity (Wildman–Crippen MR) is 62.8 cm³/mol. The van der Waals surface area contributed by atoms with E-state index in [1.54, 1.807) is 11.8 Å². The Balaban J connectivity index is 2.64. The van der Waals surface area contributed by atoms with Gasteiger partial charge in [-0.1, -0.05) is 0 Å². The van der Waals surface area contributed by atoms with Crippen LogP contribution in [0.1, 0.15) is 19.8 Å². The van der Waals surface area contributed by atoms with E-state index in [4.69, 9.17) is 5.73 Å². The van der Waals surface area contributed by atoms with Gasteiger partial charge in [-0.2, -0.15) is 11.8 Å². The number of hydrogen-bond acceptors (Lipinski definition) is 4. The van der Waals surface area contributed by atoms with E-state index in [9.17, 15) is 9.90 Å². The van der Waals surface area contributed by atoms with E-state index < -0.39 is 0 Å². The maximum atomic E-state index is 11.8. The lowest BCUT2D eigenvalue weighted by Gasteiger charge is -2.38. The van der Waals surface area contributed by atoms with Crippen LogP contribution >= 0.6 is 11.8 Å². The standard InChI is InChI=1S/C10H20N2O2S/c1-7(9(6-13)15-2)12-5-3-4-8(11)10(12)14/h7-9,13H,3-6,11H2,1-2H3. The van der Waals surface area contributed by atoms with Crippen molar-refractivity contribution in [2.75, 3.05) is 19.4 Å². The number of nitrogens with two attached hydrogens (primary N) is 1. The molecule has 0 bridgehead atoms. The summed E-state index contributed by atoms with van der Waals surface area (Å²) in [6.07, 6.45) is 3.70. The van der Waals surface area contributed by atoms with Crippen LogP contribution in [-0.4, -0.2) is 52.7 Å². The fourth-order valence-corrected chi connectivity index (χ4v) is 2.65. The number of amides is 1. The molecule has 0 aromatic carbocycles. The normalized spacial score (nSPS) is 26.5. The fourth-order valence-electron chi connectivity index (χ4n) is 1.96. The zero-order valence-corrected chi connectivity index (χ0v) is 10.2. The lowest BCUT2D eigenvalue weighted by molar-refractivity contribution is -0.137. The summed E-state index contributed by atoms with van der Waals surface area (Å²) >= 11 is 1.59. The Morgan fingerprint density at radius 1 is 1.73 bits per heavy atom. The molecule has 0 spiro atoms. The quantitative estimate of drug-likeness (QED) is 0.719. The number of aliphatic hydroxyl groups excluding tert-OH is 1. The molecule has 0 aromatic heterocycles. The van der Waals surface area contributed by atoms with Crippen LogP contribution in [0, 0.1) is 0 Å². The lowest BCUT2D eigenvalue weighted by Crippen LogP contribution is -2.54. The molecule has 4 nitrogen and oxygen atoms in total. The summed E-state index contributed by atoms with van der Waals surface area (Å²) in [7, 11) is 0. The minimum Gasteiger partial charge on any atom is -0.395 e. The van der Waals surface area contributed by atoms with E-state index >= 15 is 0 Å². The van der Waals surface area contributed by atoms with Crippen LogP contribution < -0.4 is 5.73 Å². The number of likely N-dealkylation sites (tertiary alicyclic amines) is 1. The van der Waals surface area contributed by atoms with Crippen molar-refractivity contribution in [3.8, 4) is 0 Å². The van der Waals surface area contributed by atoms with E-state index in [1.165, 1.54) is 0 Å². The highest BCUT2D eigenvalue weighted by Crippen LogP contribution is 2.20. The zero-order chi connectivity index (χ0) is 11.4. The van der Waals surface area contributed by atoms with Crippen molar-refractivity contribution in [2.45, 2.75) is 37.1 Å². The van der Waals surface area contributed by atoms with Crippen LogP contribution in [0.15, 0.2) is 0 Å². The number of aliphatic hydroxyl groups is 1. The molecule has 1 rings (SSSR count). The van der Waals surface area contributed by atoms with Gasteiger partial charge < -0.3 is 15.7 Å². The highest BCUT2D eigenvalue weighted by molar-refractivity contribution is 7.99. The fraction of sp³-hybridized carbons (Fsp3) is 0.900. The first kappa shape index (κ1) is 12.8. The Hall–Kier alpha value is -0.260. The first-order valence-electron chi connectivity index (χ1n) is 5.31. The van der Waals surface area contributed by atoms with Gasteiger partial charge in [0.15, 0.2) is 0 Å². The van der Waals surface area contributed by atoms with Gasteiger partial charge in [-0.3, -0.25) is 4.79 Å². The second kappa shape index (κ2) is 5.72. The maximum absolute atomic E-state index is 11.8. The third-order valence-corrected chi connectivity index (χ3v) is 4.18. The molecule has 1 fully saturated rings. The summed E-state index contributed by atoms with van der Waals surface area (Å²) in [5.74, 6) is 0.0289. The Kier molecular flexibility index (Phi) is 4.89. The van der Waals surface area contributed by atoms with Crippen molar-refractivity contribution in [2.24, 2.45) is 5.73 Å². The molecule has 1 saturated heterocycles. The van der Waals surface area contributed by atoms with Crippen molar-refractivity contribution in [1.82, 2.24) is 4.90 Å². The molecule has 0 aliphatic carbocycles. The Labute approximate surface area is 95.2 Å². The summed E-state index contributed by atoms with van der Waals surface area (Å²) < 4.78 is 0. The van der Waals surface area contributed by atoms with E-state index in [1.807, 2.05) is 18.1 Å². The molecule has 3 atom stereocenters. The Morgan fingerprint density at radius 3 is 2.93 bits per heavy atom. The molecule has 1 heterocycles. The average Bonchev–Trinajstić information content (AvgIpc) is 2.23. The van der Waals surface area contributed by atoms with Crippen molar-refractivity contribution in [3.63, 3.8) is 0 Å². The van der Waals surface area contributed by atoms with E-state index in [-0.39, 0.29) is 29.8 Å². The van der Waals surface area contributed by atoms with Gasteiger partial charge in [0.05, 0.1) is 12.6 Å². The predicted octanol–water partition coefficient (Wildman–Crippen LogP) is 0.0485. The molecule has 5 heteroatoms. The monoisotopic (exact) mass is 232 g/mol. The number of rotatable bonds is 4. The molecule has 1 amide bonds. The molecule has 0 saturated carbocycles. The van der Waals surface area contributed by atoms with Crippen LogP contribution in [0.25, 0.3) is 0 Å². The minimum atomic E-state index is -0.345. The van der Waals surface area contributed by atoms with Gasteiger partial charge in [-0.05, 0) is 26.0 Å². The topological polar surface area (TPSA) is 66.6 Å².